The second-order valence-corrected chi connectivity index (χ2v) is 12.0. The second-order valence-electron chi connectivity index (χ2n) is 7.67. The summed E-state index contributed by atoms with van der Waals surface area (Å²) in [7, 11) is -2.39. The van der Waals surface area contributed by atoms with Crippen molar-refractivity contribution >= 4 is 18.7 Å². The minimum atomic E-state index is -2.39. The van der Waals surface area contributed by atoms with E-state index >= 15 is 0 Å². The van der Waals surface area contributed by atoms with Crippen LogP contribution in [0.5, 0.6) is 0 Å². The van der Waals surface area contributed by atoms with E-state index in [1.54, 1.807) is 0 Å². The zero-order valence-corrected chi connectivity index (χ0v) is 17.4. The van der Waals surface area contributed by atoms with Gasteiger partial charge in [-0.2, -0.15) is 0 Å². The Hall–Kier alpha value is -1.90. The number of hydrogen-bond acceptors (Lipinski definition) is 1. The molecular weight excluding hydrogens is 332 g/mol. The summed E-state index contributed by atoms with van der Waals surface area (Å²) < 4.78 is 6.80. The molecule has 0 aromatic heterocycles. The predicted molar refractivity (Wildman–Crippen MR) is 117 cm³/mol. The summed E-state index contributed by atoms with van der Waals surface area (Å²) in [5.41, 5.74) is 0. The third-order valence-corrected chi connectivity index (χ3v) is 9.76. The molecule has 1 nitrogen and oxygen atoms in total. The van der Waals surface area contributed by atoms with Gasteiger partial charge < -0.3 is 4.43 Å². The van der Waals surface area contributed by atoms with Crippen LogP contribution >= 0.6 is 0 Å². The molecule has 138 valence electrons. The molecule has 0 aliphatic rings. The molecule has 0 unspecified atom stereocenters. The van der Waals surface area contributed by atoms with E-state index in [-0.39, 0.29) is 5.04 Å². The fourth-order valence-corrected chi connectivity index (χ4v) is 8.00. The van der Waals surface area contributed by atoms with Crippen molar-refractivity contribution in [3.63, 3.8) is 0 Å². The minimum absolute atomic E-state index is 0.0341. The minimum Gasteiger partial charge on any atom is -0.404 e. The number of allylic oxidation sites excluding steroid dienone is 2. The van der Waals surface area contributed by atoms with Gasteiger partial charge in [0.15, 0.2) is 0 Å². The molecule has 0 atom stereocenters. The Bertz CT molecular complexity index is 644. The third kappa shape index (κ3) is 4.84. The molecular formula is C24H32OSi. The first-order valence-corrected chi connectivity index (χ1v) is 11.4. The Morgan fingerprint density at radius 3 is 1.85 bits per heavy atom. The molecule has 0 heterocycles. The van der Waals surface area contributed by atoms with Crippen molar-refractivity contribution in [1.29, 1.82) is 0 Å². The summed E-state index contributed by atoms with van der Waals surface area (Å²) in [5, 5.41) is 2.70. The highest BCUT2D eigenvalue weighted by molar-refractivity contribution is 6.99. The van der Waals surface area contributed by atoms with E-state index in [4.69, 9.17) is 4.43 Å². The van der Waals surface area contributed by atoms with Gasteiger partial charge in [-0.1, -0.05) is 99.7 Å². The third-order valence-electron chi connectivity index (χ3n) is 4.76. The van der Waals surface area contributed by atoms with E-state index in [1.807, 2.05) is 6.08 Å². The molecule has 0 saturated carbocycles. The van der Waals surface area contributed by atoms with E-state index in [0.717, 1.165) is 19.3 Å². The lowest BCUT2D eigenvalue weighted by Crippen LogP contribution is -2.66. The van der Waals surface area contributed by atoms with E-state index < -0.39 is 8.32 Å². The molecule has 0 amide bonds. The van der Waals surface area contributed by atoms with Crippen LogP contribution in [0.4, 0.5) is 0 Å². The molecule has 2 heteroatoms. The van der Waals surface area contributed by atoms with Crippen molar-refractivity contribution in [3.8, 4) is 0 Å². The Morgan fingerprint density at radius 2 is 1.38 bits per heavy atom. The van der Waals surface area contributed by atoms with E-state index in [2.05, 4.69) is 100 Å². The maximum Gasteiger partial charge on any atom is 0.261 e. The van der Waals surface area contributed by atoms with Crippen molar-refractivity contribution in [1.82, 2.24) is 0 Å². The number of hydrogen-bond donors (Lipinski definition) is 0. The van der Waals surface area contributed by atoms with Crippen LogP contribution in [0.2, 0.25) is 5.04 Å². The fraction of sp³-hybridized carbons (Fsp3) is 0.333. The Balaban J connectivity index is 2.33. The highest BCUT2D eigenvalue weighted by Gasteiger charge is 2.49. The smallest absolute Gasteiger partial charge is 0.261 e. The summed E-state index contributed by atoms with van der Waals surface area (Å²) in [4.78, 5) is 0. The molecule has 2 aromatic carbocycles. The molecule has 0 bridgehead atoms. The van der Waals surface area contributed by atoms with E-state index in [9.17, 15) is 0 Å². The first-order chi connectivity index (χ1) is 12.5. The number of rotatable bonds is 9. The number of unbranched alkanes of at least 4 members (excludes halogenated alkanes) is 2. The van der Waals surface area contributed by atoms with Crippen LogP contribution in [0.25, 0.3) is 0 Å². The van der Waals surface area contributed by atoms with Gasteiger partial charge in [-0.15, -0.1) is 6.58 Å². The average molecular weight is 365 g/mol. The highest BCUT2D eigenvalue weighted by Crippen LogP contribution is 2.36. The van der Waals surface area contributed by atoms with Gasteiger partial charge >= 0.3 is 0 Å². The normalized spacial score (nSPS) is 12.4. The van der Waals surface area contributed by atoms with Crippen molar-refractivity contribution in [3.05, 3.63) is 85.5 Å². The van der Waals surface area contributed by atoms with Gasteiger partial charge in [0.25, 0.3) is 8.32 Å². The van der Waals surface area contributed by atoms with Crippen LogP contribution in [-0.2, 0) is 4.43 Å². The van der Waals surface area contributed by atoms with Crippen LogP contribution in [0.3, 0.4) is 0 Å². The average Bonchev–Trinajstić information content (AvgIpc) is 2.64. The highest BCUT2D eigenvalue weighted by atomic mass is 28.4. The predicted octanol–water partition coefficient (Wildman–Crippen LogP) is 5.48. The van der Waals surface area contributed by atoms with E-state index in [0.29, 0.717) is 6.61 Å². The Morgan fingerprint density at radius 1 is 0.846 bits per heavy atom. The maximum atomic E-state index is 6.80. The zero-order chi connectivity index (χ0) is 18.9. The molecule has 0 radical (unpaired) electrons. The lowest BCUT2D eigenvalue weighted by molar-refractivity contribution is 0.339. The van der Waals surface area contributed by atoms with Crippen LogP contribution in [0, 0.1) is 0 Å². The fourth-order valence-electron chi connectivity index (χ4n) is 3.50. The molecule has 0 fully saturated rings. The van der Waals surface area contributed by atoms with Crippen molar-refractivity contribution in [2.45, 2.75) is 45.1 Å². The van der Waals surface area contributed by atoms with Crippen molar-refractivity contribution in [2.75, 3.05) is 6.61 Å². The first-order valence-electron chi connectivity index (χ1n) is 9.53. The maximum absolute atomic E-state index is 6.80. The van der Waals surface area contributed by atoms with Crippen LogP contribution < -0.4 is 10.4 Å². The van der Waals surface area contributed by atoms with Gasteiger partial charge in [0, 0.05) is 0 Å². The SMILES string of the molecule is C=CCCC/C=C/CO[Si](c1ccccc1)(c1ccccc1)C(C)(C)C. The van der Waals surface area contributed by atoms with Crippen molar-refractivity contribution in [2.24, 2.45) is 0 Å². The summed E-state index contributed by atoms with van der Waals surface area (Å²) in [5.74, 6) is 0. The number of benzene rings is 2. The molecule has 0 aliphatic carbocycles. The molecule has 0 spiro atoms. The lowest BCUT2D eigenvalue weighted by Gasteiger charge is -2.42. The largest absolute Gasteiger partial charge is 0.404 e. The van der Waals surface area contributed by atoms with Crippen LogP contribution in [0.1, 0.15) is 40.0 Å². The van der Waals surface area contributed by atoms with Crippen LogP contribution in [-0.4, -0.2) is 14.9 Å². The lowest BCUT2D eigenvalue weighted by atomic mass is 10.2. The van der Waals surface area contributed by atoms with E-state index in [1.165, 1.54) is 10.4 Å². The Labute approximate surface area is 160 Å². The molecule has 0 saturated heterocycles. The molecule has 0 N–H and O–H groups in total. The van der Waals surface area contributed by atoms with Gasteiger partial charge in [-0.25, -0.2) is 0 Å². The summed E-state index contributed by atoms with van der Waals surface area (Å²) in [6, 6.07) is 21.6. The molecule has 26 heavy (non-hydrogen) atoms. The Kier molecular flexibility index (Phi) is 7.61. The first kappa shape index (κ1) is 20.4. The van der Waals surface area contributed by atoms with Crippen molar-refractivity contribution < 1.29 is 4.43 Å². The standard InChI is InChI=1S/C24H32OSi/c1-5-6-7-8-9-16-21-25-26(24(2,3)4,22-17-12-10-13-18-22)23-19-14-11-15-20-23/h5,9-20H,1,6-8,21H2,2-4H3/b16-9+. The quantitative estimate of drug-likeness (QED) is 0.325. The van der Waals surface area contributed by atoms with Gasteiger partial charge in [-0.05, 0) is 34.7 Å². The summed E-state index contributed by atoms with van der Waals surface area (Å²) >= 11 is 0. The zero-order valence-electron chi connectivity index (χ0n) is 16.4. The van der Waals surface area contributed by atoms with Gasteiger partial charge in [-0.3, -0.25) is 0 Å². The van der Waals surface area contributed by atoms with Gasteiger partial charge in [0.05, 0.1) is 6.61 Å². The monoisotopic (exact) mass is 364 g/mol. The molecule has 0 aliphatic heterocycles. The topological polar surface area (TPSA) is 9.23 Å². The molecule has 2 rings (SSSR count). The van der Waals surface area contributed by atoms with Gasteiger partial charge in [0.2, 0.25) is 0 Å². The second kappa shape index (κ2) is 9.70. The summed E-state index contributed by atoms with van der Waals surface area (Å²) in [6.45, 7) is 11.4. The molecule has 2 aromatic rings. The summed E-state index contributed by atoms with van der Waals surface area (Å²) in [6.07, 6.45) is 9.70. The van der Waals surface area contributed by atoms with Crippen LogP contribution in [0.15, 0.2) is 85.5 Å². The van der Waals surface area contributed by atoms with Gasteiger partial charge in [0.1, 0.15) is 0 Å².